The Morgan fingerprint density at radius 1 is 0.371 bits per heavy atom. The standard InChI is InChI=1S/C94H110N6O16/c1-17-107-41-35-71(89(105)95(15)37-39-97(47-63-51-109-63)48-64-52-110-64)99-85(101)67-43-73(113-59-27-19-55(20-28-59)91(3,4)5)79-81-75(115-61-31-23-57(24-32-61)93(9,10)11)45-69-78-70(88(104)100(87(69)103)72(36-42-108-18-2)90(106)96(16)38-40-98(49-65-53-111-65)50-66-54-112-66)46-76(116-62-33-25-58(26-34-62)94(12,13)14)82(84(78)81)80-74(44-68(86(99)102)77(67)83(79)80)114-60-29-21-56(22-30-60)92(6,7)8/h19-34,43-46,63-66,71-72H,17-18,35-42,47-54H2,1-16H3. The number of imide groups is 2. The molecule has 6 aliphatic rings. The number of benzene rings is 9. The highest BCUT2D eigenvalue weighted by Gasteiger charge is 2.48. The summed E-state index contributed by atoms with van der Waals surface area (Å²) in [5.74, 6) is -2.08. The van der Waals surface area contributed by atoms with Gasteiger partial charge in [-0.25, -0.2) is 0 Å². The third-order valence-electron chi connectivity index (χ3n) is 23.1. The molecule has 0 bridgehead atoms. The fourth-order valence-corrected chi connectivity index (χ4v) is 16.1. The molecule has 0 spiro atoms. The van der Waals surface area contributed by atoms with Crippen LogP contribution in [0.5, 0.6) is 46.0 Å². The van der Waals surface area contributed by atoms with Crippen molar-refractivity contribution in [3.05, 3.63) is 166 Å². The minimum atomic E-state index is -1.38. The molecule has 15 rings (SSSR count). The van der Waals surface area contributed by atoms with Crippen LogP contribution in [0.2, 0.25) is 0 Å². The van der Waals surface area contributed by atoms with Crippen molar-refractivity contribution in [2.45, 2.75) is 168 Å². The first-order valence-corrected chi connectivity index (χ1v) is 41.1. The summed E-state index contributed by atoms with van der Waals surface area (Å²) in [4.78, 5) is 108. The molecule has 9 aromatic carbocycles. The molecule has 22 nitrogen and oxygen atoms in total. The van der Waals surface area contributed by atoms with Gasteiger partial charge >= 0.3 is 0 Å². The summed E-state index contributed by atoms with van der Waals surface area (Å²) in [5, 5.41) is 2.28. The second kappa shape index (κ2) is 32.4. The second-order valence-corrected chi connectivity index (χ2v) is 36.0. The van der Waals surface area contributed by atoms with Gasteiger partial charge in [-0.15, -0.1) is 0 Å². The summed E-state index contributed by atoms with van der Waals surface area (Å²) in [7, 11) is 3.39. The van der Waals surface area contributed by atoms with Gasteiger partial charge in [0.25, 0.3) is 23.6 Å². The zero-order chi connectivity index (χ0) is 82.2. The van der Waals surface area contributed by atoms with E-state index >= 15 is 28.8 Å². The van der Waals surface area contributed by atoms with E-state index < -0.39 is 47.5 Å². The molecule has 4 fully saturated rings. The van der Waals surface area contributed by atoms with Crippen LogP contribution in [0.3, 0.4) is 0 Å². The Balaban J connectivity index is 1.02. The molecule has 6 atom stereocenters. The van der Waals surface area contributed by atoms with Gasteiger partial charge in [-0.05, 0) is 131 Å². The van der Waals surface area contributed by atoms with Crippen molar-refractivity contribution in [3.8, 4) is 46.0 Å². The van der Waals surface area contributed by atoms with Crippen LogP contribution in [0.4, 0.5) is 0 Å². The van der Waals surface area contributed by atoms with Crippen molar-refractivity contribution < 1.29 is 76.1 Å². The molecular weight excluding hydrogens is 1470 g/mol. The number of hydrogen-bond donors (Lipinski definition) is 0. The van der Waals surface area contributed by atoms with Gasteiger partial charge in [0.1, 0.15) is 58.1 Å². The van der Waals surface area contributed by atoms with E-state index in [1.54, 1.807) is 48.2 Å². The molecule has 4 saturated heterocycles. The Morgan fingerprint density at radius 2 is 0.603 bits per heavy atom. The topological polar surface area (TPSA) is 227 Å². The lowest BCUT2D eigenvalue weighted by Crippen LogP contribution is -2.55. The van der Waals surface area contributed by atoms with E-state index in [4.69, 9.17) is 47.4 Å². The lowest BCUT2D eigenvalue weighted by atomic mass is 9.80. The number of epoxide rings is 4. The summed E-state index contributed by atoms with van der Waals surface area (Å²) < 4.78 is 64.5. The summed E-state index contributed by atoms with van der Waals surface area (Å²) in [5.41, 5.74) is 3.14. The molecule has 0 aromatic heterocycles. The number of ether oxygens (including phenoxy) is 10. The second-order valence-electron chi connectivity index (χ2n) is 36.0. The van der Waals surface area contributed by atoms with Crippen LogP contribution in [0.1, 0.15) is 173 Å². The largest absolute Gasteiger partial charge is 0.457 e. The average Bonchev–Trinajstić information content (AvgIpc) is 0.886. The molecule has 0 radical (unpaired) electrons. The molecule has 0 aliphatic carbocycles. The number of fused-ring (bicyclic) bond motifs is 2. The third-order valence-corrected chi connectivity index (χ3v) is 23.1. The molecule has 9 aromatic rings. The highest BCUT2D eigenvalue weighted by atomic mass is 16.6. The predicted molar refractivity (Wildman–Crippen MR) is 446 cm³/mol. The smallest absolute Gasteiger partial charge is 0.262 e. The molecule has 0 N–H and O–H groups in total. The first-order valence-electron chi connectivity index (χ1n) is 41.1. The normalized spacial score (nSPS) is 18.5. The minimum absolute atomic E-state index is 0.0312. The van der Waals surface area contributed by atoms with Crippen molar-refractivity contribution in [3.63, 3.8) is 0 Å². The van der Waals surface area contributed by atoms with E-state index in [2.05, 4.69) is 92.9 Å². The van der Waals surface area contributed by atoms with E-state index in [1.165, 1.54) is 0 Å². The van der Waals surface area contributed by atoms with Crippen molar-refractivity contribution in [2.75, 3.05) is 119 Å². The maximum Gasteiger partial charge on any atom is 0.262 e. The monoisotopic (exact) mass is 1580 g/mol. The van der Waals surface area contributed by atoms with Gasteiger partial charge in [-0.3, -0.25) is 48.4 Å². The van der Waals surface area contributed by atoms with Crippen molar-refractivity contribution in [1.82, 2.24) is 29.4 Å². The Morgan fingerprint density at radius 3 is 0.810 bits per heavy atom. The molecule has 22 heteroatoms. The quantitative estimate of drug-likeness (QED) is 0.0120. The Hall–Kier alpha value is -9.62. The van der Waals surface area contributed by atoms with E-state index in [9.17, 15) is 0 Å². The molecule has 0 saturated carbocycles. The van der Waals surface area contributed by atoms with Gasteiger partial charge < -0.3 is 57.2 Å². The zero-order valence-corrected chi connectivity index (χ0v) is 70.0. The Kier molecular flexibility index (Phi) is 22.7. The first-order chi connectivity index (χ1) is 55.2. The summed E-state index contributed by atoms with van der Waals surface area (Å²) in [6.45, 7) is 36.6. The number of likely N-dealkylation sites (N-methyl/N-ethyl adjacent to an activating group) is 2. The lowest BCUT2D eigenvalue weighted by molar-refractivity contribution is -0.135. The molecule has 116 heavy (non-hydrogen) atoms. The van der Waals surface area contributed by atoms with E-state index in [1.807, 2.05) is 111 Å². The van der Waals surface area contributed by atoms with Crippen LogP contribution >= 0.6 is 0 Å². The van der Waals surface area contributed by atoms with E-state index in [0.717, 1.165) is 32.1 Å². The van der Waals surface area contributed by atoms with Crippen LogP contribution in [0.15, 0.2) is 121 Å². The van der Waals surface area contributed by atoms with E-state index in [-0.39, 0.29) is 141 Å². The van der Waals surface area contributed by atoms with Gasteiger partial charge in [0, 0.05) is 149 Å². The molecule has 6 aliphatic heterocycles. The number of carbonyl (C=O) groups is 6. The van der Waals surface area contributed by atoms with Gasteiger partial charge in [0.2, 0.25) is 11.8 Å². The van der Waals surface area contributed by atoms with Crippen molar-refractivity contribution in [1.29, 1.82) is 0 Å². The van der Waals surface area contributed by atoms with Gasteiger partial charge in [-0.1, -0.05) is 132 Å². The lowest BCUT2D eigenvalue weighted by Gasteiger charge is -2.37. The molecular formula is C94H110N6O16. The number of nitrogens with zero attached hydrogens (tertiary/aromatic N) is 6. The highest BCUT2D eigenvalue weighted by molar-refractivity contribution is 6.45. The summed E-state index contributed by atoms with van der Waals surface area (Å²) in [6.07, 6.45) is 0.248. The average molecular weight is 1580 g/mol. The summed E-state index contributed by atoms with van der Waals surface area (Å²) in [6, 6.07) is 34.7. The van der Waals surface area contributed by atoms with Gasteiger partial charge in [-0.2, -0.15) is 0 Å². The first kappa shape index (κ1) is 81.5. The zero-order valence-electron chi connectivity index (χ0n) is 70.0. The summed E-state index contributed by atoms with van der Waals surface area (Å²) >= 11 is 0. The van der Waals surface area contributed by atoms with Crippen LogP contribution in [0.25, 0.3) is 43.1 Å². The highest BCUT2D eigenvalue weighted by Crippen LogP contribution is 2.59. The Labute approximate surface area is 679 Å². The van der Waals surface area contributed by atoms with E-state index in [0.29, 0.717) is 134 Å². The fourth-order valence-electron chi connectivity index (χ4n) is 16.1. The van der Waals surface area contributed by atoms with Crippen LogP contribution < -0.4 is 18.9 Å². The number of hydrogen-bond acceptors (Lipinski definition) is 18. The van der Waals surface area contributed by atoms with Crippen LogP contribution in [-0.4, -0.2) is 221 Å². The maximum absolute atomic E-state index is 16.8. The number of amides is 6. The fraction of sp³-hybridized carbons (Fsp3) is 0.468. The van der Waals surface area contributed by atoms with Crippen LogP contribution in [0, 0.1) is 0 Å². The van der Waals surface area contributed by atoms with Gasteiger partial charge in [0.15, 0.2) is 0 Å². The maximum atomic E-state index is 16.8. The van der Waals surface area contributed by atoms with Gasteiger partial charge in [0.05, 0.1) is 73.1 Å². The molecule has 6 heterocycles. The van der Waals surface area contributed by atoms with Crippen molar-refractivity contribution >= 4 is 78.5 Å². The molecule has 612 valence electrons. The molecule has 6 unspecified atom stereocenters. The predicted octanol–water partition coefficient (Wildman–Crippen LogP) is 16.0. The number of rotatable bonds is 34. The third kappa shape index (κ3) is 17.2. The minimum Gasteiger partial charge on any atom is -0.457 e. The van der Waals surface area contributed by atoms with Crippen LogP contribution in [-0.2, 0) is 59.7 Å². The number of carbonyl (C=O) groups excluding carboxylic acids is 6. The van der Waals surface area contributed by atoms with Crippen molar-refractivity contribution in [2.24, 2.45) is 0 Å². The molecule has 6 amide bonds. The Bertz CT molecular complexity index is 4620. The SMILES string of the molecule is CCOCCC(C(=O)N(C)CCN(CC1CO1)CC1CO1)N1C(=O)c2cc(Oc3ccc(C(C)(C)C)cc3)c3c4c(Oc5ccc(C(C)(C)C)cc5)cc5c6c(cc(Oc7ccc(C(C)(C)C)cc7)c(c7c(Oc8ccc(C(C)(C)C)cc8)cc(c2c37)C1=O)c64)C(=O)N(C(CCOCC)C(=O)N(C)CCN(CC1CO1)CC1CO1)C5=O.